The largest absolute Gasteiger partial charge is 0.508 e. The predicted octanol–water partition coefficient (Wildman–Crippen LogP) is 4.54. The summed E-state index contributed by atoms with van der Waals surface area (Å²) in [4.78, 5) is 13.1. The van der Waals surface area contributed by atoms with Gasteiger partial charge in [0.15, 0.2) is 0 Å². The van der Waals surface area contributed by atoms with E-state index < -0.39 is 0 Å². The van der Waals surface area contributed by atoms with E-state index in [-0.39, 0.29) is 11.5 Å². The van der Waals surface area contributed by atoms with Gasteiger partial charge in [-0.25, -0.2) is 0 Å². The maximum atomic E-state index is 13.1. The van der Waals surface area contributed by atoms with Crippen molar-refractivity contribution in [1.82, 2.24) is 4.40 Å². The van der Waals surface area contributed by atoms with E-state index in [2.05, 4.69) is 0 Å². The number of hydrogen-bond acceptors (Lipinski definition) is 2. The zero-order chi connectivity index (χ0) is 16.5. The molecule has 0 aliphatic rings. The second kappa shape index (κ2) is 5.70. The summed E-state index contributed by atoms with van der Waals surface area (Å²) in [5.74, 6) is 0.0786. The first-order valence-electron chi connectivity index (χ1n) is 7.73. The van der Waals surface area contributed by atoms with Crippen LogP contribution in [0.15, 0.2) is 85.1 Å². The molecule has 116 valence electrons. The van der Waals surface area contributed by atoms with Crippen molar-refractivity contribution in [2.24, 2.45) is 0 Å². The highest BCUT2D eigenvalue weighted by atomic mass is 16.3. The number of hydrogen-bond donors (Lipinski definition) is 1. The number of aromatic nitrogens is 1. The van der Waals surface area contributed by atoms with Crippen molar-refractivity contribution in [1.29, 1.82) is 0 Å². The summed E-state index contributed by atoms with van der Waals surface area (Å²) in [5.41, 5.74) is 4.05. The van der Waals surface area contributed by atoms with E-state index in [1.165, 1.54) is 12.1 Å². The van der Waals surface area contributed by atoms with Crippen molar-refractivity contribution in [3.05, 3.63) is 96.3 Å². The Morgan fingerprint density at radius 2 is 1.54 bits per heavy atom. The van der Waals surface area contributed by atoms with Gasteiger partial charge in [-0.05, 0) is 48.0 Å². The van der Waals surface area contributed by atoms with Crippen LogP contribution < -0.4 is 0 Å². The molecule has 24 heavy (non-hydrogen) atoms. The Bertz CT molecular complexity index is 1010. The Balaban J connectivity index is 1.96. The van der Waals surface area contributed by atoms with Gasteiger partial charge in [-0.2, -0.15) is 0 Å². The van der Waals surface area contributed by atoms with Gasteiger partial charge < -0.3 is 9.51 Å². The molecule has 0 radical (unpaired) electrons. The lowest BCUT2D eigenvalue weighted by Crippen LogP contribution is -2.06. The van der Waals surface area contributed by atoms with Gasteiger partial charge in [0.25, 0.3) is 0 Å². The lowest BCUT2D eigenvalue weighted by molar-refractivity contribution is 0.103. The molecular formula is C21H15NO2. The van der Waals surface area contributed by atoms with E-state index in [0.29, 0.717) is 11.3 Å². The number of rotatable bonds is 3. The summed E-state index contributed by atoms with van der Waals surface area (Å²) in [5, 5.41) is 9.46. The fourth-order valence-corrected chi connectivity index (χ4v) is 2.94. The molecule has 4 rings (SSSR count). The molecule has 0 aliphatic heterocycles. The van der Waals surface area contributed by atoms with Crippen molar-refractivity contribution < 1.29 is 9.90 Å². The number of pyridine rings is 1. The normalized spacial score (nSPS) is 10.8. The molecule has 2 aromatic carbocycles. The van der Waals surface area contributed by atoms with Crippen LogP contribution in [-0.4, -0.2) is 15.3 Å². The van der Waals surface area contributed by atoms with Crippen molar-refractivity contribution >= 4 is 11.3 Å². The average Bonchev–Trinajstić information content (AvgIpc) is 3.02. The number of fused-ring (bicyclic) bond motifs is 1. The van der Waals surface area contributed by atoms with Gasteiger partial charge in [-0.15, -0.1) is 0 Å². The van der Waals surface area contributed by atoms with Crippen molar-refractivity contribution in [3.8, 4) is 16.9 Å². The van der Waals surface area contributed by atoms with Crippen LogP contribution in [0, 0.1) is 0 Å². The van der Waals surface area contributed by atoms with E-state index in [1.54, 1.807) is 12.1 Å². The molecule has 2 aromatic heterocycles. The molecule has 3 nitrogen and oxygen atoms in total. The number of phenols is 1. The quantitative estimate of drug-likeness (QED) is 0.564. The first kappa shape index (κ1) is 14.3. The van der Waals surface area contributed by atoms with Crippen molar-refractivity contribution in [3.63, 3.8) is 0 Å². The maximum Gasteiger partial charge on any atom is 0.210 e. The van der Waals surface area contributed by atoms with Crippen LogP contribution >= 0.6 is 0 Å². The predicted molar refractivity (Wildman–Crippen MR) is 94.4 cm³/mol. The molecule has 0 spiro atoms. The monoisotopic (exact) mass is 313 g/mol. The molecule has 3 heteroatoms. The zero-order valence-corrected chi connectivity index (χ0v) is 12.9. The minimum atomic E-state index is -0.0694. The molecule has 1 N–H and O–H groups in total. The molecule has 0 atom stereocenters. The van der Waals surface area contributed by atoms with Crippen molar-refractivity contribution in [2.45, 2.75) is 0 Å². The summed E-state index contributed by atoms with van der Waals surface area (Å²) in [6.07, 6.45) is 1.90. The third-order valence-electron chi connectivity index (χ3n) is 4.11. The van der Waals surface area contributed by atoms with Crippen LogP contribution in [0.4, 0.5) is 0 Å². The Labute approximate surface area is 139 Å². The van der Waals surface area contributed by atoms with Gasteiger partial charge in [-0.1, -0.05) is 36.4 Å². The standard InChI is InChI=1S/C21H15NO2/c23-18-11-9-16(10-12-18)21(24)20-19(15-6-2-1-3-7-15)14-17-8-4-5-13-22(17)20/h1-14,23H. The van der Waals surface area contributed by atoms with Gasteiger partial charge in [0, 0.05) is 22.8 Å². The molecule has 0 aliphatic carbocycles. The van der Waals surface area contributed by atoms with Gasteiger partial charge in [0.05, 0.1) is 0 Å². The number of carbonyl (C=O) groups excluding carboxylic acids is 1. The second-order valence-electron chi connectivity index (χ2n) is 5.64. The van der Waals surface area contributed by atoms with E-state index in [4.69, 9.17) is 0 Å². The molecule has 4 aromatic rings. The number of phenolic OH excluding ortho intramolecular Hbond substituents is 1. The highest BCUT2D eigenvalue weighted by Crippen LogP contribution is 2.29. The van der Waals surface area contributed by atoms with Crippen LogP contribution in [0.5, 0.6) is 5.75 Å². The minimum absolute atomic E-state index is 0.0694. The molecule has 0 unspecified atom stereocenters. The summed E-state index contributed by atoms with van der Waals surface area (Å²) in [7, 11) is 0. The Kier molecular flexibility index (Phi) is 3.39. The van der Waals surface area contributed by atoms with Gasteiger partial charge in [-0.3, -0.25) is 4.79 Å². The average molecular weight is 313 g/mol. The molecule has 0 saturated heterocycles. The lowest BCUT2D eigenvalue weighted by atomic mass is 10.0. The zero-order valence-electron chi connectivity index (χ0n) is 12.9. The highest BCUT2D eigenvalue weighted by Gasteiger charge is 2.20. The maximum absolute atomic E-state index is 13.1. The van der Waals surface area contributed by atoms with E-state index in [9.17, 15) is 9.90 Å². The van der Waals surface area contributed by atoms with Gasteiger partial charge in [0.1, 0.15) is 11.4 Å². The van der Waals surface area contributed by atoms with E-state index in [0.717, 1.165) is 16.6 Å². The first-order chi connectivity index (χ1) is 11.7. The van der Waals surface area contributed by atoms with E-state index in [1.807, 2.05) is 65.2 Å². The fraction of sp³-hybridized carbons (Fsp3) is 0. The second-order valence-corrected chi connectivity index (χ2v) is 5.64. The summed E-state index contributed by atoms with van der Waals surface area (Å²) < 4.78 is 1.91. The number of aromatic hydroxyl groups is 1. The van der Waals surface area contributed by atoms with Crippen LogP contribution in [0.1, 0.15) is 16.1 Å². The molecule has 0 saturated carbocycles. The summed E-state index contributed by atoms with van der Waals surface area (Å²) in [6.45, 7) is 0. The Hall–Kier alpha value is -3.33. The molecule has 0 amide bonds. The fourth-order valence-electron chi connectivity index (χ4n) is 2.94. The number of nitrogens with zero attached hydrogens (tertiary/aromatic N) is 1. The highest BCUT2D eigenvalue weighted by molar-refractivity contribution is 6.12. The Morgan fingerprint density at radius 1 is 0.833 bits per heavy atom. The third kappa shape index (κ3) is 2.36. The van der Waals surface area contributed by atoms with Gasteiger partial charge in [0.2, 0.25) is 5.78 Å². The lowest BCUT2D eigenvalue weighted by Gasteiger charge is -2.07. The van der Waals surface area contributed by atoms with Crippen LogP contribution in [0.3, 0.4) is 0 Å². The topological polar surface area (TPSA) is 41.7 Å². The molecular weight excluding hydrogens is 298 g/mol. The molecule has 0 bridgehead atoms. The molecule has 2 heterocycles. The van der Waals surface area contributed by atoms with Gasteiger partial charge >= 0.3 is 0 Å². The first-order valence-corrected chi connectivity index (χ1v) is 7.73. The number of carbonyl (C=O) groups is 1. The number of ketones is 1. The van der Waals surface area contributed by atoms with E-state index >= 15 is 0 Å². The third-order valence-corrected chi connectivity index (χ3v) is 4.11. The SMILES string of the molecule is O=C(c1ccc(O)cc1)c1c(-c2ccccc2)cc2ccccn12. The summed E-state index contributed by atoms with van der Waals surface area (Å²) in [6, 6.07) is 24.1. The van der Waals surface area contributed by atoms with Crippen LogP contribution in [0.2, 0.25) is 0 Å². The minimum Gasteiger partial charge on any atom is -0.508 e. The molecule has 0 fully saturated rings. The summed E-state index contributed by atoms with van der Waals surface area (Å²) >= 11 is 0. The number of benzene rings is 2. The smallest absolute Gasteiger partial charge is 0.210 e. The van der Waals surface area contributed by atoms with Crippen LogP contribution in [0.25, 0.3) is 16.6 Å². The van der Waals surface area contributed by atoms with Crippen LogP contribution in [-0.2, 0) is 0 Å². The Morgan fingerprint density at radius 3 is 2.29 bits per heavy atom. The van der Waals surface area contributed by atoms with Crippen molar-refractivity contribution in [2.75, 3.05) is 0 Å².